The SMILES string of the molecule is CCNCCC(C)CCc1ccc(OC)c(Br)c1OC. The maximum absolute atomic E-state index is 5.51. The Labute approximate surface area is 131 Å². The van der Waals surface area contributed by atoms with Gasteiger partial charge in [-0.15, -0.1) is 0 Å². The van der Waals surface area contributed by atoms with E-state index in [4.69, 9.17) is 9.47 Å². The smallest absolute Gasteiger partial charge is 0.139 e. The monoisotopic (exact) mass is 343 g/mol. The van der Waals surface area contributed by atoms with Crippen molar-refractivity contribution >= 4 is 15.9 Å². The van der Waals surface area contributed by atoms with Gasteiger partial charge in [0.15, 0.2) is 0 Å². The number of halogens is 1. The molecule has 0 radical (unpaired) electrons. The molecule has 0 aliphatic rings. The Morgan fingerprint density at radius 3 is 2.55 bits per heavy atom. The highest BCUT2D eigenvalue weighted by Crippen LogP contribution is 2.37. The Hall–Kier alpha value is -0.740. The zero-order valence-corrected chi connectivity index (χ0v) is 14.5. The Balaban J connectivity index is 2.61. The van der Waals surface area contributed by atoms with Gasteiger partial charge in [-0.05, 0) is 65.8 Å². The molecular weight excluding hydrogens is 318 g/mol. The van der Waals surface area contributed by atoms with Crippen LogP contribution in [-0.2, 0) is 6.42 Å². The predicted octanol–water partition coefficient (Wildman–Crippen LogP) is 4.03. The summed E-state index contributed by atoms with van der Waals surface area (Å²) in [6, 6.07) is 4.09. The van der Waals surface area contributed by atoms with Gasteiger partial charge in [-0.25, -0.2) is 0 Å². The first-order valence-corrected chi connectivity index (χ1v) is 8.03. The second-order valence-corrected chi connectivity index (χ2v) is 5.85. The molecule has 1 atom stereocenters. The molecule has 4 heteroatoms. The normalized spacial score (nSPS) is 12.2. The summed E-state index contributed by atoms with van der Waals surface area (Å²) >= 11 is 3.55. The molecule has 1 N–H and O–H groups in total. The fourth-order valence-corrected chi connectivity index (χ4v) is 2.94. The molecule has 0 aromatic heterocycles. The minimum Gasteiger partial charge on any atom is -0.495 e. The van der Waals surface area contributed by atoms with E-state index in [0.717, 1.165) is 35.5 Å². The largest absolute Gasteiger partial charge is 0.495 e. The first-order chi connectivity index (χ1) is 9.63. The molecular formula is C16H26BrNO2. The zero-order chi connectivity index (χ0) is 15.0. The minimum atomic E-state index is 0.708. The van der Waals surface area contributed by atoms with Crippen molar-refractivity contribution in [3.8, 4) is 11.5 Å². The highest BCUT2D eigenvalue weighted by atomic mass is 79.9. The molecule has 0 saturated carbocycles. The van der Waals surface area contributed by atoms with Crippen molar-refractivity contribution < 1.29 is 9.47 Å². The zero-order valence-electron chi connectivity index (χ0n) is 13.0. The summed E-state index contributed by atoms with van der Waals surface area (Å²) < 4.78 is 11.7. The van der Waals surface area contributed by atoms with E-state index in [9.17, 15) is 0 Å². The molecule has 0 fully saturated rings. The van der Waals surface area contributed by atoms with E-state index in [1.54, 1.807) is 14.2 Å². The van der Waals surface area contributed by atoms with E-state index in [1.807, 2.05) is 6.07 Å². The Morgan fingerprint density at radius 2 is 1.95 bits per heavy atom. The first-order valence-electron chi connectivity index (χ1n) is 7.24. The van der Waals surface area contributed by atoms with E-state index in [-0.39, 0.29) is 0 Å². The van der Waals surface area contributed by atoms with Gasteiger partial charge in [-0.2, -0.15) is 0 Å². The molecule has 1 rings (SSSR count). The van der Waals surface area contributed by atoms with Gasteiger partial charge in [0.25, 0.3) is 0 Å². The number of nitrogens with one attached hydrogen (secondary N) is 1. The maximum atomic E-state index is 5.51. The van der Waals surface area contributed by atoms with Gasteiger partial charge in [0.2, 0.25) is 0 Å². The van der Waals surface area contributed by atoms with Gasteiger partial charge in [0, 0.05) is 0 Å². The molecule has 0 amide bonds. The number of methoxy groups -OCH3 is 2. The molecule has 1 aromatic carbocycles. The standard InChI is InChI=1S/C16H26BrNO2/c1-5-18-11-10-12(2)6-7-13-8-9-14(19-3)15(17)16(13)20-4/h8-9,12,18H,5-7,10-11H2,1-4H3. The number of hydrogen-bond acceptors (Lipinski definition) is 3. The minimum absolute atomic E-state index is 0.708. The van der Waals surface area contributed by atoms with E-state index in [1.165, 1.54) is 18.4 Å². The number of rotatable bonds is 9. The lowest BCUT2D eigenvalue weighted by Crippen LogP contribution is -2.16. The van der Waals surface area contributed by atoms with Crippen molar-refractivity contribution in [1.82, 2.24) is 5.32 Å². The van der Waals surface area contributed by atoms with Gasteiger partial charge in [0.05, 0.1) is 14.2 Å². The summed E-state index contributed by atoms with van der Waals surface area (Å²) in [5, 5.41) is 3.38. The molecule has 0 aliphatic heterocycles. The van der Waals surface area contributed by atoms with Crippen LogP contribution in [0.1, 0.15) is 32.3 Å². The van der Waals surface area contributed by atoms with E-state index < -0.39 is 0 Å². The molecule has 0 saturated heterocycles. The Morgan fingerprint density at radius 1 is 1.20 bits per heavy atom. The van der Waals surface area contributed by atoms with Gasteiger partial charge in [0.1, 0.15) is 16.0 Å². The first kappa shape index (κ1) is 17.3. The van der Waals surface area contributed by atoms with Crippen LogP contribution in [0.4, 0.5) is 0 Å². The van der Waals surface area contributed by atoms with Crippen molar-refractivity contribution in [2.24, 2.45) is 5.92 Å². The summed E-state index contributed by atoms with van der Waals surface area (Å²) in [5.41, 5.74) is 1.23. The topological polar surface area (TPSA) is 30.5 Å². The average Bonchev–Trinajstić information content (AvgIpc) is 2.45. The highest BCUT2D eigenvalue weighted by molar-refractivity contribution is 9.10. The predicted molar refractivity (Wildman–Crippen MR) is 87.9 cm³/mol. The Kier molecular flexibility index (Phi) is 8.00. The lowest BCUT2D eigenvalue weighted by Gasteiger charge is -2.15. The van der Waals surface area contributed by atoms with Crippen molar-refractivity contribution in [1.29, 1.82) is 0 Å². The van der Waals surface area contributed by atoms with E-state index in [2.05, 4.69) is 41.2 Å². The third kappa shape index (κ3) is 4.98. The highest BCUT2D eigenvalue weighted by Gasteiger charge is 2.13. The van der Waals surface area contributed by atoms with E-state index >= 15 is 0 Å². The van der Waals surface area contributed by atoms with Gasteiger partial charge < -0.3 is 14.8 Å². The van der Waals surface area contributed by atoms with Gasteiger partial charge in [-0.1, -0.05) is 19.9 Å². The molecule has 0 bridgehead atoms. The fraction of sp³-hybridized carbons (Fsp3) is 0.625. The van der Waals surface area contributed by atoms with Crippen LogP contribution in [0.25, 0.3) is 0 Å². The molecule has 0 heterocycles. The maximum Gasteiger partial charge on any atom is 0.139 e. The molecule has 3 nitrogen and oxygen atoms in total. The van der Waals surface area contributed by atoms with Gasteiger partial charge >= 0.3 is 0 Å². The quantitative estimate of drug-likeness (QED) is 0.686. The molecule has 20 heavy (non-hydrogen) atoms. The fourth-order valence-electron chi connectivity index (χ4n) is 2.22. The van der Waals surface area contributed by atoms with Gasteiger partial charge in [-0.3, -0.25) is 0 Å². The number of benzene rings is 1. The van der Waals surface area contributed by atoms with Crippen LogP contribution in [0.15, 0.2) is 16.6 Å². The summed E-state index contributed by atoms with van der Waals surface area (Å²) in [5.74, 6) is 2.41. The van der Waals surface area contributed by atoms with Crippen LogP contribution < -0.4 is 14.8 Å². The van der Waals surface area contributed by atoms with Crippen LogP contribution in [0, 0.1) is 5.92 Å². The summed E-state index contributed by atoms with van der Waals surface area (Å²) in [6.45, 7) is 6.60. The summed E-state index contributed by atoms with van der Waals surface area (Å²) in [7, 11) is 3.37. The molecule has 0 aliphatic carbocycles. The van der Waals surface area contributed by atoms with Crippen LogP contribution in [0.3, 0.4) is 0 Å². The third-order valence-electron chi connectivity index (χ3n) is 3.54. The van der Waals surface area contributed by atoms with E-state index in [0.29, 0.717) is 5.92 Å². The molecule has 1 unspecified atom stereocenters. The lowest BCUT2D eigenvalue weighted by molar-refractivity contribution is 0.384. The lowest BCUT2D eigenvalue weighted by atomic mass is 9.97. The summed E-state index contributed by atoms with van der Waals surface area (Å²) in [6.07, 6.45) is 3.41. The third-order valence-corrected chi connectivity index (χ3v) is 4.29. The van der Waals surface area contributed by atoms with Crippen molar-refractivity contribution in [2.75, 3.05) is 27.3 Å². The van der Waals surface area contributed by atoms with Crippen molar-refractivity contribution in [3.05, 3.63) is 22.2 Å². The van der Waals surface area contributed by atoms with Crippen LogP contribution in [0.5, 0.6) is 11.5 Å². The van der Waals surface area contributed by atoms with Crippen molar-refractivity contribution in [2.45, 2.75) is 33.1 Å². The number of hydrogen-bond donors (Lipinski definition) is 1. The van der Waals surface area contributed by atoms with Crippen molar-refractivity contribution in [3.63, 3.8) is 0 Å². The number of ether oxygens (including phenoxy) is 2. The van der Waals surface area contributed by atoms with Crippen LogP contribution in [0.2, 0.25) is 0 Å². The van der Waals surface area contributed by atoms with Crippen LogP contribution >= 0.6 is 15.9 Å². The second kappa shape index (κ2) is 9.24. The average molecular weight is 344 g/mol. The number of aryl methyl sites for hydroxylation is 1. The Bertz CT molecular complexity index is 410. The molecule has 1 aromatic rings. The molecule has 114 valence electrons. The molecule has 0 spiro atoms. The van der Waals surface area contributed by atoms with Crippen LogP contribution in [-0.4, -0.2) is 27.3 Å². The summed E-state index contributed by atoms with van der Waals surface area (Å²) in [4.78, 5) is 0. The second-order valence-electron chi connectivity index (χ2n) is 5.06.